The number of aromatic nitrogens is 2. The third-order valence-electron chi connectivity index (χ3n) is 5.02. The number of para-hydroxylation sites is 2. The molecule has 0 saturated carbocycles. The number of hydrogen-bond donors (Lipinski definition) is 1. The van der Waals surface area contributed by atoms with Gasteiger partial charge in [0, 0.05) is 19.0 Å². The Morgan fingerprint density at radius 2 is 1.83 bits per heavy atom. The number of carbonyl (C=O) groups excluding carboxylic acids is 1. The Balaban J connectivity index is 1.43. The Hall–Kier alpha value is -2.85. The van der Waals surface area contributed by atoms with Crippen molar-refractivity contribution in [1.82, 2.24) is 14.0 Å². The maximum absolute atomic E-state index is 13.9. The van der Waals surface area contributed by atoms with Gasteiger partial charge in [-0.3, -0.25) is 10.2 Å². The molecule has 1 saturated heterocycles. The van der Waals surface area contributed by atoms with Crippen LogP contribution in [0.25, 0.3) is 11.0 Å². The highest BCUT2D eigenvalue weighted by molar-refractivity contribution is 7.89. The van der Waals surface area contributed by atoms with Crippen molar-refractivity contribution >= 4 is 27.0 Å². The first-order valence-corrected chi connectivity index (χ1v) is 10.5. The molecule has 0 atom stereocenters. The number of piperidine rings is 1. The lowest BCUT2D eigenvalue weighted by Gasteiger charge is -2.30. The van der Waals surface area contributed by atoms with Gasteiger partial charge in [-0.15, -0.1) is 0 Å². The second-order valence-electron chi connectivity index (χ2n) is 6.83. The first-order chi connectivity index (χ1) is 13.9. The molecule has 0 spiro atoms. The molecule has 3 aromatic rings. The summed E-state index contributed by atoms with van der Waals surface area (Å²) in [6, 6.07) is 9.66. The maximum Gasteiger partial charge on any atom is 0.246 e. The molecule has 0 radical (unpaired) electrons. The molecule has 0 unspecified atom stereocenters. The molecule has 0 bridgehead atoms. The summed E-state index contributed by atoms with van der Waals surface area (Å²) >= 11 is 0. The summed E-state index contributed by atoms with van der Waals surface area (Å²) in [4.78, 5) is 16.1. The van der Waals surface area contributed by atoms with Crippen LogP contribution in [0.1, 0.15) is 12.8 Å². The van der Waals surface area contributed by atoms with Crippen LogP contribution in [0.3, 0.4) is 0 Å². The number of nitrogens with zero attached hydrogens (tertiary/aromatic N) is 3. The average molecular weight is 420 g/mol. The van der Waals surface area contributed by atoms with E-state index in [-0.39, 0.29) is 31.8 Å². The second-order valence-corrected chi connectivity index (χ2v) is 8.74. The molecule has 29 heavy (non-hydrogen) atoms. The number of imidazole rings is 1. The SMILES string of the molecule is O=C(Nn1cnc2ccccc21)C1CCN(S(=O)(=O)c2cc(F)ccc2F)CC1. The van der Waals surface area contributed by atoms with Gasteiger partial charge in [0.05, 0.1) is 11.0 Å². The van der Waals surface area contributed by atoms with Gasteiger partial charge < -0.3 is 0 Å². The van der Waals surface area contributed by atoms with Gasteiger partial charge in [0.25, 0.3) is 0 Å². The maximum atomic E-state index is 13.9. The van der Waals surface area contributed by atoms with Crippen LogP contribution in [-0.2, 0) is 14.8 Å². The molecule has 2 aromatic carbocycles. The van der Waals surface area contributed by atoms with E-state index in [1.54, 1.807) is 0 Å². The fourth-order valence-electron chi connectivity index (χ4n) is 3.43. The van der Waals surface area contributed by atoms with E-state index in [1.807, 2.05) is 24.3 Å². The number of fused-ring (bicyclic) bond motifs is 1. The topological polar surface area (TPSA) is 84.3 Å². The lowest BCUT2D eigenvalue weighted by Crippen LogP contribution is -2.42. The normalized spacial score (nSPS) is 16.2. The minimum absolute atomic E-state index is 0.0427. The number of carbonyl (C=O) groups is 1. The summed E-state index contributed by atoms with van der Waals surface area (Å²) in [6.07, 6.45) is 2.05. The Kier molecular flexibility index (Phi) is 5.05. The highest BCUT2D eigenvalue weighted by Crippen LogP contribution is 2.26. The molecule has 152 valence electrons. The van der Waals surface area contributed by atoms with Gasteiger partial charge in [0.1, 0.15) is 22.9 Å². The van der Waals surface area contributed by atoms with E-state index in [1.165, 1.54) is 11.0 Å². The van der Waals surface area contributed by atoms with Gasteiger partial charge in [0.2, 0.25) is 15.9 Å². The summed E-state index contributed by atoms with van der Waals surface area (Å²) in [5.41, 5.74) is 4.27. The van der Waals surface area contributed by atoms with E-state index in [2.05, 4.69) is 10.4 Å². The Labute approximate surface area is 166 Å². The summed E-state index contributed by atoms with van der Waals surface area (Å²) in [6.45, 7) is 0.0854. The molecule has 1 aliphatic heterocycles. The molecule has 1 amide bonds. The van der Waals surface area contributed by atoms with Crippen molar-refractivity contribution in [1.29, 1.82) is 0 Å². The van der Waals surface area contributed by atoms with Crippen LogP contribution in [0.5, 0.6) is 0 Å². The number of hydrogen-bond acceptors (Lipinski definition) is 4. The van der Waals surface area contributed by atoms with E-state index in [0.29, 0.717) is 6.07 Å². The van der Waals surface area contributed by atoms with Crippen LogP contribution in [0.15, 0.2) is 53.7 Å². The predicted octanol–water partition coefficient (Wildman–Crippen LogP) is 2.49. The molecule has 7 nitrogen and oxygen atoms in total. The number of amides is 1. The summed E-state index contributed by atoms with van der Waals surface area (Å²) in [7, 11) is -4.17. The van der Waals surface area contributed by atoms with Crippen LogP contribution in [0.4, 0.5) is 8.78 Å². The zero-order chi connectivity index (χ0) is 20.6. The molecule has 0 aliphatic carbocycles. The Morgan fingerprint density at radius 3 is 2.59 bits per heavy atom. The first-order valence-electron chi connectivity index (χ1n) is 9.04. The van der Waals surface area contributed by atoms with Crippen molar-refractivity contribution in [3.05, 3.63) is 60.4 Å². The van der Waals surface area contributed by atoms with E-state index in [9.17, 15) is 22.0 Å². The molecular weight excluding hydrogens is 402 g/mol. The van der Waals surface area contributed by atoms with Crippen molar-refractivity contribution in [2.24, 2.45) is 5.92 Å². The van der Waals surface area contributed by atoms with Gasteiger partial charge in [-0.25, -0.2) is 26.9 Å². The second kappa shape index (κ2) is 7.53. The Morgan fingerprint density at radius 1 is 1.10 bits per heavy atom. The largest absolute Gasteiger partial charge is 0.273 e. The highest BCUT2D eigenvalue weighted by atomic mass is 32.2. The molecule has 1 fully saturated rings. The zero-order valence-electron chi connectivity index (χ0n) is 15.3. The fourth-order valence-corrected chi connectivity index (χ4v) is 4.98. The minimum atomic E-state index is -4.17. The van der Waals surface area contributed by atoms with Crippen LogP contribution in [-0.4, -0.2) is 41.4 Å². The van der Waals surface area contributed by atoms with E-state index < -0.39 is 32.5 Å². The molecule has 1 N–H and O–H groups in total. The monoisotopic (exact) mass is 420 g/mol. The molecule has 2 heterocycles. The molecule has 1 aliphatic rings. The average Bonchev–Trinajstić information content (AvgIpc) is 3.12. The van der Waals surface area contributed by atoms with Crippen molar-refractivity contribution in [3.8, 4) is 0 Å². The van der Waals surface area contributed by atoms with Crippen molar-refractivity contribution in [2.45, 2.75) is 17.7 Å². The van der Waals surface area contributed by atoms with Crippen molar-refractivity contribution in [2.75, 3.05) is 18.5 Å². The molecule has 1 aromatic heterocycles. The highest BCUT2D eigenvalue weighted by Gasteiger charge is 2.34. The number of sulfonamides is 1. The van der Waals surface area contributed by atoms with Crippen LogP contribution in [0.2, 0.25) is 0 Å². The van der Waals surface area contributed by atoms with Crippen molar-refractivity contribution < 1.29 is 22.0 Å². The summed E-state index contributed by atoms with van der Waals surface area (Å²) in [5, 5.41) is 0. The molecule has 10 heteroatoms. The smallest absolute Gasteiger partial charge is 0.246 e. The number of halogens is 2. The van der Waals surface area contributed by atoms with Gasteiger partial charge in [-0.05, 0) is 43.2 Å². The number of nitrogens with one attached hydrogen (secondary N) is 1. The number of rotatable bonds is 4. The first kappa shape index (κ1) is 19.5. The van der Waals surface area contributed by atoms with Crippen LogP contribution < -0.4 is 5.43 Å². The van der Waals surface area contributed by atoms with E-state index in [0.717, 1.165) is 27.5 Å². The van der Waals surface area contributed by atoms with Gasteiger partial charge in [-0.1, -0.05) is 12.1 Å². The summed E-state index contributed by atoms with van der Waals surface area (Å²) in [5.74, 6) is -2.48. The fraction of sp³-hybridized carbons (Fsp3) is 0.263. The standard InChI is InChI=1S/C19H18F2N4O3S/c20-14-5-6-15(21)18(11-14)29(27,28)24-9-7-13(8-10-24)19(26)23-25-12-22-16-3-1-2-4-17(16)25/h1-6,11-13H,7-10H2,(H,23,26). The van der Waals surface area contributed by atoms with E-state index in [4.69, 9.17) is 0 Å². The lowest BCUT2D eigenvalue weighted by atomic mass is 9.98. The quantitative estimate of drug-likeness (QED) is 0.703. The predicted molar refractivity (Wildman–Crippen MR) is 102 cm³/mol. The third-order valence-corrected chi connectivity index (χ3v) is 6.93. The van der Waals surface area contributed by atoms with Gasteiger partial charge in [0.15, 0.2) is 0 Å². The minimum Gasteiger partial charge on any atom is -0.273 e. The van der Waals surface area contributed by atoms with Gasteiger partial charge >= 0.3 is 0 Å². The third kappa shape index (κ3) is 3.73. The van der Waals surface area contributed by atoms with Crippen LogP contribution in [0, 0.1) is 17.6 Å². The van der Waals surface area contributed by atoms with Gasteiger partial charge in [-0.2, -0.15) is 4.31 Å². The Bertz CT molecular complexity index is 1170. The van der Waals surface area contributed by atoms with E-state index >= 15 is 0 Å². The zero-order valence-corrected chi connectivity index (χ0v) is 16.1. The molecular formula is C19H18F2N4O3S. The summed E-state index contributed by atoms with van der Waals surface area (Å²) < 4.78 is 55.2. The van der Waals surface area contributed by atoms with Crippen LogP contribution >= 0.6 is 0 Å². The lowest BCUT2D eigenvalue weighted by molar-refractivity contribution is -0.121. The molecule has 4 rings (SSSR count). The van der Waals surface area contributed by atoms with Crippen molar-refractivity contribution in [3.63, 3.8) is 0 Å². The number of benzene rings is 2.